The van der Waals surface area contributed by atoms with Crippen LogP contribution in [0.1, 0.15) is 44.3 Å². The number of aliphatic hydroxyl groups excluding tert-OH is 1. The summed E-state index contributed by atoms with van der Waals surface area (Å²) in [6.45, 7) is 2.74. The Morgan fingerprint density at radius 2 is 1.68 bits per heavy atom. The second-order valence-corrected chi connectivity index (χ2v) is 7.86. The average molecular weight is 347 g/mol. The van der Waals surface area contributed by atoms with Gasteiger partial charge in [-0.3, -0.25) is 0 Å². The van der Waals surface area contributed by atoms with Crippen LogP contribution in [0.2, 0.25) is 5.02 Å². The highest BCUT2D eigenvalue weighted by atomic mass is 35.5. The molecule has 124 valence electrons. The smallest absolute Gasteiger partial charge is 0.279 e. The highest BCUT2D eigenvalue weighted by Gasteiger charge is 2.27. The Morgan fingerprint density at radius 3 is 2.23 bits per heavy atom. The van der Waals surface area contributed by atoms with E-state index in [9.17, 15) is 13.5 Å². The molecule has 0 spiro atoms. The van der Waals surface area contributed by atoms with Gasteiger partial charge in [0.05, 0.1) is 12.1 Å². The van der Waals surface area contributed by atoms with Gasteiger partial charge in [-0.15, -0.1) is 0 Å². The second-order valence-electron chi connectivity index (χ2n) is 5.72. The van der Waals surface area contributed by atoms with Crippen molar-refractivity contribution in [3.8, 4) is 0 Å². The zero-order valence-corrected chi connectivity index (χ0v) is 14.3. The van der Waals surface area contributed by atoms with E-state index in [1.165, 1.54) is 4.31 Å². The molecule has 5 nitrogen and oxygen atoms in total. The zero-order valence-electron chi connectivity index (χ0n) is 12.7. The van der Waals surface area contributed by atoms with Crippen molar-refractivity contribution in [2.24, 2.45) is 0 Å². The first kappa shape index (κ1) is 17.7. The van der Waals surface area contributed by atoms with Crippen LogP contribution in [0.3, 0.4) is 0 Å². The zero-order chi connectivity index (χ0) is 16.2. The van der Waals surface area contributed by atoms with Crippen molar-refractivity contribution in [1.29, 1.82) is 0 Å². The van der Waals surface area contributed by atoms with Crippen molar-refractivity contribution in [1.82, 2.24) is 9.03 Å². The maximum absolute atomic E-state index is 12.4. The van der Waals surface area contributed by atoms with Crippen molar-refractivity contribution in [3.05, 3.63) is 34.9 Å². The van der Waals surface area contributed by atoms with Gasteiger partial charge < -0.3 is 5.11 Å². The molecule has 1 aliphatic heterocycles. The summed E-state index contributed by atoms with van der Waals surface area (Å²) in [5.41, 5.74) is 0.635. The minimum Gasteiger partial charge on any atom is -0.387 e. The first-order valence-corrected chi connectivity index (χ1v) is 9.43. The topological polar surface area (TPSA) is 69.6 Å². The summed E-state index contributed by atoms with van der Waals surface area (Å²) >= 11 is 5.82. The Morgan fingerprint density at radius 1 is 1.14 bits per heavy atom. The lowest BCUT2D eigenvalue weighted by molar-refractivity contribution is 0.145. The minimum atomic E-state index is -3.57. The molecule has 0 aromatic heterocycles. The first-order valence-electron chi connectivity index (χ1n) is 7.61. The SMILES string of the molecule is CC(NS(=O)(=O)N1CCCCCC1)C(O)c1ccc(Cl)cc1. The van der Waals surface area contributed by atoms with Crippen molar-refractivity contribution >= 4 is 21.8 Å². The van der Waals surface area contributed by atoms with Gasteiger partial charge in [-0.1, -0.05) is 36.6 Å². The monoisotopic (exact) mass is 346 g/mol. The highest BCUT2D eigenvalue weighted by molar-refractivity contribution is 7.87. The molecule has 1 fully saturated rings. The number of benzene rings is 1. The third-order valence-corrected chi connectivity index (χ3v) is 5.89. The molecular formula is C15H23ClN2O3S. The summed E-state index contributed by atoms with van der Waals surface area (Å²) in [6, 6.07) is 6.13. The molecule has 1 aliphatic rings. The van der Waals surface area contributed by atoms with Crippen LogP contribution in [0.4, 0.5) is 0 Å². The quantitative estimate of drug-likeness (QED) is 0.860. The van der Waals surface area contributed by atoms with Crippen molar-refractivity contribution in [3.63, 3.8) is 0 Å². The summed E-state index contributed by atoms with van der Waals surface area (Å²) in [5, 5.41) is 10.9. The Bertz CT molecular complexity index is 569. The van der Waals surface area contributed by atoms with Crippen molar-refractivity contribution in [2.45, 2.75) is 44.8 Å². The van der Waals surface area contributed by atoms with E-state index >= 15 is 0 Å². The molecule has 0 bridgehead atoms. The van der Waals surface area contributed by atoms with Crippen molar-refractivity contribution in [2.75, 3.05) is 13.1 Å². The van der Waals surface area contributed by atoms with Gasteiger partial charge in [-0.2, -0.15) is 17.4 Å². The molecule has 7 heteroatoms. The maximum Gasteiger partial charge on any atom is 0.279 e. The fourth-order valence-electron chi connectivity index (χ4n) is 2.60. The predicted molar refractivity (Wildman–Crippen MR) is 88.0 cm³/mol. The lowest BCUT2D eigenvalue weighted by atomic mass is 10.0. The number of hydrogen-bond acceptors (Lipinski definition) is 3. The van der Waals surface area contributed by atoms with Gasteiger partial charge in [-0.25, -0.2) is 0 Å². The molecular weight excluding hydrogens is 324 g/mol. The van der Waals surface area contributed by atoms with E-state index in [-0.39, 0.29) is 0 Å². The van der Waals surface area contributed by atoms with E-state index in [4.69, 9.17) is 11.6 Å². The highest BCUT2D eigenvalue weighted by Crippen LogP contribution is 2.20. The molecule has 0 aliphatic carbocycles. The van der Waals surface area contributed by atoms with E-state index in [0.717, 1.165) is 25.7 Å². The van der Waals surface area contributed by atoms with Gasteiger partial charge in [0.15, 0.2) is 0 Å². The molecule has 2 atom stereocenters. The Hall–Kier alpha value is -0.660. The van der Waals surface area contributed by atoms with Gasteiger partial charge in [0.2, 0.25) is 0 Å². The summed E-state index contributed by atoms with van der Waals surface area (Å²) in [5.74, 6) is 0. The van der Waals surface area contributed by atoms with Gasteiger partial charge in [-0.05, 0) is 37.5 Å². The summed E-state index contributed by atoms with van der Waals surface area (Å²) in [4.78, 5) is 0. The summed E-state index contributed by atoms with van der Waals surface area (Å²) in [6.07, 6.45) is 2.98. The van der Waals surface area contributed by atoms with Gasteiger partial charge in [0.1, 0.15) is 0 Å². The summed E-state index contributed by atoms with van der Waals surface area (Å²) < 4.78 is 28.9. The Kier molecular flexibility index (Phi) is 6.23. The lowest BCUT2D eigenvalue weighted by Crippen LogP contribution is -2.46. The van der Waals surface area contributed by atoms with E-state index in [0.29, 0.717) is 23.7 Å². The van der Waals surface area contributed by atoms with Crippen LogP contribution in [0.15, 0.2) is 24.3 Å². The van der Waals surface area contributed by atoms with Crippen LogP contribution in [-0.2, 0) is 10.2 Å². The Labute approximate surface area is 137 Å². The van der Waals surface area contributed by atoms with E-state index in [1.807, 2.05) is 0 Å². The third-order valence-electron chi connectivity index (χ3n) is 3.92. The number of hydrogen-bond donors (Lipinski definition) is 2. The molecule has 0 amide bonds. The predicted octanol–water partition coefficient (Wildman–Crippen LogP) is 2.47. The molecule has 1 aromatic carbocycles. The van der Waals surface area contributed by atoms with Crippen molar-refractivity contribution < 1.29 is 13.5 Å². The number of nitrogens with zero attached hydrogens (tertiary/aromatic N) is 1. The van der Waals surface area contributed by atoms with Gasteiger partial charge >= 0.3 is 0 Å². The second kappa shape index (κ2) is 7.75. The molecule has 0 saturated carbocycles. The molecule has 0 radical (unpaired) electrons. The normalized spacial score (nSPS) is 20.3. The number of aliphatic hydroxyl groups is 1. The minimum absolute atomic E-state index is 0.541. The van der Waals surface area contributed by atoms with Crippen LogP contribution >= 0.6 is 11.6 Å². The van der Waals surface area contributed by atoms with Crippen LogP contribution in [0.25, 0.3) is 0 Å². The van der Waals surface area contributed by atoms with E-state index in [1.54, 1.807) is 31.2 Å². The number of nitrogens with one attached hydrogen (secondary N) is 1. The standard InChI is InChI=1S/C15H23ClN2O3S/c1-12(15(19)13-6-8-14(16)9-7-13)17-22(20,21)18-10-4-2-3-5-11-18/h6-9,12,15,17,19H,2-5,10-11H2,1H3. The van der Waals surface area contributed by atoms with Crippen LogP contribution in [-0.4, -0.2) is 37.0 Å². The molecule has 1 saturated heterocycles. The van der Waals surface area contributed by atoms with Crippen LogP contribution < -0.4 is 4.72 Å². The molecule has 2 N–H and O–H groups in total. The van der Waals surface area contributed by atoms with E-state index in [2.05, 4.69) is 4.72 Å². The number of rotatable bonds is 5. The first-order chi connectivity index (χ1) is 10.4. The fourth-order valence-corrected chi connectivity index (χ4v) is 4.22. The molecule has 1 aromatic rings. The van der Waals surface area contributed by atoms with E-state index < -0.39 is 22.4 Å². The fraction of sp³-hybridized carbons (Fsp3) is 0.600. The lowest BCUT2D eigenvalue weighted by Gasteiger charge is -2.25. The van der Waals surface area contributed by atoms with Crippen LogP contribution in [0.5, 0.6) is 0 Å². The van der Waals surface area contributed by atoms with Crippen LogP contribution in [0, 0.1) is 0 Å². The van der Waals surface area contributed by atoms with Gasteiger partial charge in [0.25, 0.3) is 10.2 Å². The molecule has 1 heterocycles. The largest absolute Gasteiger partial charge is 0.387 e. The molecule has 2 rings (SSSR count). The summed E-state index contributed by atoms with van der Waals surface area (Å²) in [7, 11) is -3.57. The third kappa shape index (κ3) is 4.67. The Balaban J connectivity index is 2.02. The molecule has 22 heavy (non-hydrogen) atoms. The van der Waals surface area contributed by atoms with Gasteiger partial charge in [0, 0.05) is 18.1 Å². The molecule has 2 unspecified atom stereocenters. The maximum atomic E-state index is 12.4. The average Bonchev–Trinajstić information content (AvgIpc) is 2.76. The number of halogens is 1.